The van der Waals surface area contributed by atoms with Crippen LogP contribution in [-0.2, 0) is 4.79 Å². The molecule has 184 valence electrons. The minimum atomic E-state index is -0.497. The van der Waals surface area contributed by atoms with Crippen LogP contribution in [0.5, 0.6) is 11.5 Å². The number of carbonyl (C=O) groups is 2. The van der Waals surface area contributed by atoms with Crippen molar-refractivity contribution in [2.75, 3.05) is 44.8 Å². The van der Waals surface area contributed by atoms with Crippen LogP contribution in [0.3, 0.4) is 0 Å². The van der Waals surface area contributed by atoms with Gasteiger partial charge in [0.05, 0.1) is 13.7 Å². The van der Waals surface area contributed by atoms with E-state index in [4.69, 9.17) is 9.47 Å². The molecule has 0 saturated carbocycles. The fourth-order valence-corrected chi connectivity index (χ4v) is 4.68. The van der Waals surface area contributed by atoms with Gasteiger partial charge in [-0.3, -0.25) is 9.59 Å². The molecule has 7 heteroatoms. The van der Waals surface area contributed by atoms with Crippen LogP contribution in [-0.4, -0.2) is 60.9 Å². The van der Waals surface area contributed by atoms with Crippen LogP contribution in [0.2, 0.25) is 0 Å². The highest BCUT2D eigenvalue weighted by molar-refractivity contribution is 6.43. The number of piperazine rings is 1. The van der Waals surface area contributed by atoms with Crippen LogP contribution in [0, 0.1) is 0 Å². The number of benzene rings is 2. The van der Waals surface area contributed by atoms with Gasteiger partial charge in [0.1, 0.15) is 17.2 Å². The number of hydrogen-bond acceptors (Lipinski definition) is 5. The molecule has 0 unspecified atom stereocenters. The monoisotopic (exact) mass is 483 g/mol. The smallest absolute Gasteiger partial charge is 0.296 e. The number of rotatable bonds is 7. The molecule has 5 rings (SSSR count). The van der Waals surface area contributed by atoms with Gasteiger partial charge in [0, 0.05) is 49.1 Å². The zero-order valence-electron chi connectivity index (χ0n) is 20.5. The number of hydrogen-bond donors (Lipinski definition) is 0. The molecule has 1 amide bonds. The minimum Gasteiger partial charge on any atom is -0.497 e. The molecule has 0 N–H and O–H groups in total. The van der Waals surface area contributed by atoms with Gasteiger partial charge in [-0.15, -0.1) is 0 Å². The number of anilines is 1. The third-order valence-corrected chi connectivity index (χ3v) is 6.57. The zero-order valence-corrected chi connectivity index (χ0v) is 20.5. The Bertz CT molecular complexity index is 1370. The summed E-state index contributed by atoms with van der Waals surface area (Å²) in [6.45, 7) is 4.81. The molecule has 0 aliphatic carbocycles. The highest BCUT2D eigenvalue weighted by Gasteiger charge is 2.30. The highest BCUT2D eigenvalue weighted by atomic mass is 16.5. The molecule has 0 atom stereocenters. The van der Waals surface area contributed by atoms with E-state index in [-0.39, 0.29) is 0 Å². The summed E-state index contributed by atoms with van der Waals surface area (Å²) >= 11 is 0. The summed E-state index contributed by atoms with van der Waals surface area (Å²) in [5, 5.41) is 0. The number of ether oxygens (including phenoxy) is 2. The Balaban J connectivity index is 1.37. The third-order valence-electron chi connectivity index (χ3n) is 6.57. The summed E-state index contributed by atoms with van der Waals surface area (Å²) < 4.78 is 12.6. The van der Waals surface area contributed by atoms with E-state index in [0.29, 0.717) is 38.5 Å². The summed E-state index contributed by atoms with van der Waals surface area (Å²) in [6, 6.07) is 23.2. The molecule has 3 heterocycles. The van der Waals surface area contributed by atoms with E-state index in [1.54, 1.807) is 16.4 Å². The van der Waals surface area contributed by atoms with Crippen LogP contribution in [0.4, 0.5) is 5.69 Å². The van der Waals surface area contributed by atoms with Crippen LogP contribution >= 0.6 is 0 Å². The predicted molar refractivity (Wildman–Crippen MR) is 140 cm³/mol. The summed E-state index contributed by atoms with van der Waals surface area (Å²) in [6.07, 6.45) is 1.83. The Morgan fingerprint density at radius 2 is 1.56 bits per heavy atom. The van der Waals surface area contributed by atoms with Crippen molar-refractivity contribution in [3.63, 3.8) is 0 Å². The van der Waals surface area contributed by atoms with E-state index in [1.807, 2.05) is 85.9 Å². The molecule has 2 aromatic heterocycles. The lowest BCUT2D eigenvalue weighted by Gasteiger charge is -2.35. The van der Waals surface area contributed by atoms with Gasteiger partial charge in [-0.05, 0) is 67.1 Å². The topological polar surface area (TPSA) is 63.5 Å². The van der Waals surface area contributed by atoms with Crippen LogP contribution in [0.1, 0.15) is 17.4 Å². The van der Waals surface area contributed by atoms with Gasteiger partial charge in [0.2, 0.25) is 0 Å². The molecule has 4 aromatic rings. The molecular formula is C29H29N3O4. The van der Waals surface area contributed by atoms with E-state index < -0.39 is 11.7 Å². The number of amides is 1. The number of ketones is 1. The normalized spacial score (nSPS) is 13.6. The maximum Gasteiger partial charge on any atom is 0.296 e. The lowest BCUT2D eigenvalue weighted by atomic mass is 10.0. The number of Topliss-reactive ketones (excluding diaryl/α,β-unsaturated/α-hetero) is 1. The van der Waals surface area contributed by atoms with Gasteiger partial charge in [-0.1, -0.05) is 18.2 Å². The Labute approximate surface area is 210 Å². The van der Waals surface area contributed by atoms with Crippen molar-refractivity contribution in [1.82, 2.24) is 9.30 Å². The first-order valence-electron chi connectivity index (χ1n) is 12.1. The molecule has 1 aliphatic heterocycles. The van der Waals surface area contributed by atoms with E-state index in [0.717, 1.165) is 33.8 Å². The van der Waals surface area contributed by atoms with Crippen molar-refractivity contribution in [2.45, 2.75) is 6.92 Å². The molecule has 0 spiro atoms. The Morgan fingerprint density at radius 1 is 0.861 bits per heavy atom. The zero-order chi connectivity index (χ0) is 25.1. The van der Waals surface area contributed by atoms with Gasteiger partial charge in [0.15, 0.2) is 0 Å². The second-order valence-electron chi connectivity index (χ2n) is 8.67. The van der Waals surface area contributed by atoms with Crippen molar-refractivity contribution in [3.05, 3.63) is 84.7 Å². The molecule has 0 bridgehead atoms. The Kier molecular flexibility index (Phi) is 6.62. The third kappa shape index (κ3) is 4.52. The largest absolute Gasteiger partial charge is 0.497 e. The second-order valence-corrected chi connectivity index (χ2v) is 8.67. The predicted octanol–water partition coefficient (Wildman–Crippen LogP) is 4.55. The SMILES string of the molecule is CCOc1ccc(-c2cc3ccccn3c2C(=O)C(=O)N2CCN(c3ccc(OC)cc3)CC2)cc1. The van der Waals surface area contributed by atoms with E-state index >= 15 is 0 Å². The number of nitrogens with zero attached hydrogens (tertiary/aromatic N) is 3. The van der Waals surface area contributed by atoms with Crippen molar-refractivity contribution >= 4 is 22.9 Å². The number of carbonyl (C=O) groups excluding carboxylic acids is 2. The molecular weight excluding hydrogens is 454 g/mol. The summed E-state index contributed by atoms with van der Waals surface area (Å²) in [4.78, 5) is 30.9. The lowest BCUT2D eigenvalue weighted by Crippen LogP contribution is -2.50. The first-order valence-corrected chi connectivity index (χ1v) is 12.1. The van der Waals surface area contributed by atoms with Crippen molar-refractivity contribution in [1.29, 1.82) is 0 Å². The van der Waals surface area contributed by atoms with Gasteiger partial charge in [-0.25, -0.2) is 0 Å². The van der Waals surface area contributed by atoms with Crippen molar-refractivity contribution < 1.29 is 19.1 Å². The molecule has 1 aliphatic rings. The van der Waals surface area contributed by atoms with Gasteiger partial charge in [0.25, 0.3) is 11.7 Å². The maximum atomic E-state index is 13.6. The number of aromatic nitrogens is 1. The average Bonchev–Trinajstić information content (AvgIpc) is 3.32. The van der Waals surface area contributed by atoms with Crippen LogP contribution in [0.25, 0.3) is 16.6 Å². The molecule has 2 aromatic carbocycles. The summed E-state index contributed by atoms with van der Waals surface area (Å²) in [5.74, 6) is 0.605. The molecule has 1 fully saturated rings. The standard InChI is InChI=1S/C29H29N3O4/c1-3-36-25-11-7-21(8-12-25)26-20-23-6-4-5-15-32(23)27(26)28(33)29(34)31-18-16-30(17-19-31)22-9-13-24(35-2)14-10-22/h4-15,20H,3,16-19H2,1-2H3. The minimum absolute atomic E-state index is 0.386. The van der Waals surface area contributed by atoms with E-state index in [9.17, 15) is 9.59 Å². The van der Waals surface area contributed by atoms with Crippen LogP contribution < -0.4 is 14.4 Å². The lowest BCUT2D eigenvalue weighted by molar-refractivity contribution is -0.126. The Morgan fingerprint density at radius 3 is 2.22 bits per heavy atom. The van der Waals surface area contributed by atoms with Gasteiger partial charge in [-0.2, -0.15) is 0 Å². The Hall–Kier alpha value is -4.26. The quantitative estimate of drug-likeness (QED) is 0.285. The van der Waals surface area contributed by atoms with Crippen molar-refractivity contribution in [3.8, 4) is 22.6 Å². The number of pyridine rings is 1. The fourth-order valence-electron chi connectivity index (χ4n) is 4.68. The van der Waals surface area contributed by atoms with E-state index in [1.165, 1.54) is 0 Å². The van der Waals surface area contributed by atoms with E-state index in [2.05, 4.69) is 4.90 Å². The van der Waals surface area contributed by atoms with Crippen LogP contribution in [0.15, 0.2) is 79.0 Å². The van der Waals surface area contributed by atoms with Gasteiger partial charge < -0.3 is 23.7 Å². The fraction of sp³-hybridized carbons (Fsp3) is 0.241. The molecule has 7 nitrogen and oxygen atoms in total. The second kappa shape index (κ2) is 10.2. The average molecular weight is 484 g/mol. The summed E-state index contributed by atoms with van der Waals surface area (Å²) in [7, 11) is 1.64. The molecule has 1 saturated heterocycles. The summed E-state index contributed by atoms with van der Waals surface area (Å²) in [5.41, 5.74) is 3.92. The highest BCUT2D eigenvalue weighted by Crippen LogP contribution is 2.30. The van der Waals surface area contributed by atoms with Crippen molar-refractivity contribution in [2.24, 2.45) is 0 Å². The first-order chi connectivity index (χ1) is 17.6. The van der Waals surface area contributed by atoms with Gasteiger partial charge >= 0.3 is 0 Å². The molecule has 36 heavy (non-hydrogen) atoms. The molecule has 0 radical (unpaired) electrons. The number of methoxy groups -OCH3 is 1. The first kappa shape index (κ1) is 23.5. The number of fused-ring (bicyclic) bond motifs is 1. The maximum absolute atomic E-state index is 13.6.